The van der Waals surface area contributed by atoms with Gasteiger partial charge < -0.3 is 15.0 Å². The van der Waals surface area contributed by atoms with Crippen LogP contribution < -0.4 is 10.1 Å². The SMILES string of the molecule is Cc1ccccc1CN(C(=O)COc1cccc(C)c1C)[C@@H](Cc1ccccc1)C(=O)NC(C)(C)C. The van der Waals surface area contributed by atoms with E-state index in [1.165, 1.54) is 0 Å². The van der Waals surface area contributed by atoms with Gasteiger partial charge in [0.1, 0.15) is 11.8 Å². The van der Waals surface area contributed by atoms with E-state index in [1.807, 2.05) is 114 Å². The molecule has 0 aliphatic carbocycles. The Bertz CT molecular complexity index is 1180. The number of benzene rings is 3. The number of ether oxygens (including phenoxy) is 1. The van der Waals surface area contributed by atoms with E-state index < -0.39 is 11.6 Å². The molecular formula is C31H38N2O3. The van der Waals surface area contributed by atoms with Crippen molar-refractivity contribution in [2.45, 2.75) is 66.1 Å². The number of carbonyl (C=O) groups excluding carboxylic acids is 2. The minimum absolute atomic E-state index is 0.149. The number of nitrogens with one attached hydrogen (secondary N) is 1. The van der Waals surface area contributed by atoms with Crippen LogP contribution in [0.2, 0.25) is 0 Å². The van der Waals surface area contributed by atoms with E-state index in [4.69, 9.17) is 4.74 Å². The Morgan fingerprint density at radius 1 is 0.861 bits per heavy atom. The summed E-state index contributed by atoms with van der Waals surface area (Å²) >= 11 is 0. The fourth-order valence-corrected chi connectivity index (χ4v) is 4.08. The smallest absolute Gasteiger partial charge is 0.261 e. The van der Waals surface area contributed by atoms with Gasteiger partial charge in [0.2, 0.25) is 5.91 Å². The van der Waals surface area contributed by atoms with Crippen molar-refractivity contribution in [1.82, 2.24) is 10.2 Å². The Morgan fingerprint density at radius 2 is 1.50 bits per heavy atom. The van der Waals surface area contributed by atoms with Crippen LogP contribution in [0.4, 0.5) is 0 Å². The maximum atomic E-state index is 13.8. The molecule has 190 valence electrons. The average molecular weight is 487 g/mol. The van der Waals surface area contributed by atoms with Gasteiger partial charge in [0.15, 0.2) is 6.61 Å². The lowest BCUT2D eigenvalue weighted by Gasteiger charge is -2.34. The normalized spacial score (nSPS) is 12.1. The molecule has 5 nitrogen and oxygen atoms in total. The summed E-state index contributed by atoms with van der Waals surface area (Å²) in [6.07, 6.45) is 0.407. The topological polar surface area (TPSA) is 58.6 Å². The highest BCUT2D eigenvalue weighted by atomic mass is 16.5. The van der Waals surface area contributed by atoms with E-state index in [0.717, 1.165) is 27.8 Å². The van der Waals surface area contributed by atoms with Crippen LogP contribution in [0, 0.1) is 20.8 Å². The van der Waals surface area contributed by atoms with Crippen molar-refractivity contribution in [2.75, 3.05) is 6.61 Å². The molecular weight excluding hydrogens is 448 g/mol. The summed E-state index contributed by atoms with van der Waals surface area (Å²) in [6, 6.07) is 22.9. The van der Waals surface area contributed by atoms with Gasteiger partial charge in [-0.05, 0) is 75.4 Å². The molecule has 0 aliphatic heterocycles. The van der Waals surface area contributed by atoms with Crippen LogP contribution in [0.25, 0.3) is 0 Å². The fraction of sp³-hybridized carbons (Fsp3) is 0.355. The van der Waals surface area contributed by atoms with Gasteiger partial charge in [-0.15, -0.1) is 0 Å². The molecule has 0 aliphatic rings. The number of carbonyl (C=O) groups is 2. The zero-order valence-corrected chi connectivity index (χ0v) is 22.3. The standard InChI is InChI=1S/C31H38N2O3/c1-22-14-12-18-28(24(22)3)36-21-29(34)33(20-26-17-11-10-13-23(26)2)27(30(35)32-31(4,5)6)19-25-15-8-7-9-16-25/h7-18,27H,19-21H2,1-6H3,(H,32,35)/t27-/m0/s1. The monoisotopic (exact) mass is 486 g/mol. The third-order valence-corrected chi connectivity index (χ3v) is 6.28. The van der Waals surface area contributed by atoms with Crippen LogP contribution in [0.5, 0.6) is 5.75 Å². The first kappa shape index (κ1) is 27.0. The van der Waals surface area contributed by atoms with Crippen LogP contribution in [-0.2, 0) is 22.6 Å². The molecule has 0 unspecified atom stereocenters. The number of amides is 2. The Morgan fingerprint density at radius 3 is 2.17 bits per heavy atom. The second kappa shape index (κ2) is 11.9. The number of hydrogen-bond donors (Lipinski definition) is 1. The van der Waals surface area contributed by atoms with Crippen LogP contribution in [0.3, 0.4) is 0 Å². The van der Waals surface area contributed by atoms with Crippen LogP contribution >= 0.6 is 0 Å². The highest BCUT2D eigenvalue weighted by Crippen LogP contribution is 2.22. The zero-order valence-electron chi connectivity index (χ0n) is 22.3. The summed E-state index contributed by atoms with van der Waals surface area (Å²) in [4.78, 5) is 29.0. The summed E-state index contributed by atoms with van der Waals surface area (Å²) in [6.45, 7) is 12.0. The molecule has 0 fully saturated rings. The lowest BCUT2D eigenvalue weighted by Crippen LogP contribution is -2.55. The Kier molecular flexibility index (Phi) is 8.92. The number of nitrogens with zero attached hydrogens (tertiary/aromatic N) is 1. The van der Waals surface area contributed by atoms with Gasteiger partial charge in [-0.3, -0.25) is 9.59 Å². The van der Waals surface area contributed by atoms with Gasteiger partial charge in [0.05, 0.1) is 0 Å². The van der Waals surface area contributed by atoms with Crippen molar-refractivity contribution in [3.63, 3.8) is 0 Å². The van der Waals surface area contributed by atoms with Gasteiger partial charge in [0.25, 0.3) is 5.91 Å². The summed E-state index contributed by atoms with van der Waals surface area (Å²) < 4.78 is 5.99. The molecule has 3 rings (SSSR count). The van der Waals surface area contributed by atoms with Crippen molar-refractivity contribution in [3.8, 4) is 5.75 Å². The van der Waals surface area contributed by atoms with Crippen LogP contribution in [0.1, 0.15) is 48.6 Å². The molecule has 0 spiro atoms. The predicted octanol–water partition coefficient (Wildman–Crippen LogP) is 5.55. The van der Waals surface area contributed by atoms with E-state index in [2.05, 4.69) is 5.32 Å². The van der Waals surface area contributed by atoms with Gasteiger partial charge in [0, 0.05) is 18.5 Å². The first-order valence-corrected chi connectivity index (χ1v) is 12.4. The molecule has 1 atom stereocenters. The van der Waals surface area contributed by atoms with Crippen molar-refractivity contribution in [3.05, 3.63) is 101 Å². The molecule has 0 bridgehead atoms. The maximum absolute atomic E-state index is 13.8. The highest BCUT2D eigenvalue weighted by molar-refractivity contribution is 5.89. The Balaban J connectivity index is 1.96. The molecule has 1 N–H and O–H groups in total. The summed E-state index contributed by atoms with van der Waals surface area (Å²) in [5.41, 5.74) is 4.73. The van der Waals surface area contributed by atoms with E-state index in [1.54, 1.807) is 4.90 Å². The zero-order chi connectivity index (χ0) is 26.3. The second-order valence-electron chi connectivity index (χ2n) is 10.4. The van der Waals surface area contributed by atoms with Crippen molar-refractivity contribution < 1.29 is 14.3 Å². The second-order valence-corrected chi connectivity index (χ2v) is 10.4. The van der Waals surface area contributed by atoms with Gasteiger partial charge in [-0.2, -0.15) is 0 Å². The molecule has 0 radical (unpaired) electrons. The Labute approximate surface area is 215 Å². The third-order valence-electron chi connectivity index (χ3n) is 6.28. The molecule has 3 aromatic carbocycles. The lowest BCUT2D eigenvalue weighted by atomic mass is 10.00. The molecule has 2 amide bonds. The fourth-order valence-electron chi connectivity index (χ4n) is 4.08. The van der Waals surface area contributed by atoms with Crippen molar-refractivity contribution in [2.24, 2.45) is 0 Å². The molecule has 0 saturated carbocycles. The quantitative estimate of drug-likeness (QED) is 0.432. The van der Waals surface area contributed by atoms with E-state index in [0.29, 0.717) is 18.7 Å². The summed E-state index contributed by atoms with van der Waals surface area (Å²) in [5, 5.41) is 3.09. The van der Waals surface area contributed by atoms with Crippen LogP contribution in [0.15, 0.2) is 72.8 Å². The summed E-state index contributed by atoms with van der Waals surface area (Å²) in [7, 11) is 0. The van der Waals surface area contributed by atoms with Crippen molar-refractivity contribution in [1.29, 1.82) is 0 Å². The van der Waals surface area contributed by atoms with Crippen LogP contribution in [-0.4, -0.2) is 34.9 Å². The largest absolute Gasteiger partial charge is 0.483 e. The van der Waals surface area contributed by atoms with E-state index >= 15 is 0 Å². The first-order chi connectivity index (χ1) is 17.0. The summed E-state index contributed by atoms with van der Waals surface area (Å²) in [5.74, 6) is 0.266. The number of rotatable bonds is 9. The van der Waals surface area contributed by atoms with Gasteiger partial charge >= 0.3 is 0 Å². The molecule has 0 heterocycles. The highest BCUT2D eigenvalue weighted by Gasteiger charge is 2.32. The van der Waals surface area contributed by atoms with Gasteiger partial charge in [-0.25, -0.2) is 0 Å². The first-order valence-electron chi connectivity index (χ1n) is 12.4. The number of aryl methyl sites for hydroxylation is 2. The molecule has 36 heavy (non-hydrogen) atoms. The molecule has 0 saturated heterocycles. The minimum Gasteiger partial charge on any atom is -0.483 e. The molecule has 3 aromatic rings. The maximum Gasteiger partial charge on any atom is 0.261 e. The Hall–Kier alpha value is -3.60. The molecule has 0 aromatic heterocycles. The molecule has 5 heteroatoms. The van der Waals surface area contributed by atoms with Gasteiger partial charge in [-0.1, -0.05) is 66.7 Å². The minimum atomic E-state index is -0.694. The van der Waals surface area contributed by atoms with E-state index in [9.17, 15) is 9.59 Å². The predicted molar refractivity (Wildman–Crippen MR) is 145 cm³/mol. The van der Waals surface area contributed by atoms with Crippen molar-refractivity contribution >= 4 is 11.8 Å². The number of hydrogen-bond acceptors (Lipinski definition) is 3. The lowest BCUT2D eigenvalue weighted by molar-refractivity contribution is -0.143. The third kappa shape index (κ3) is 7.45. The van der Waals surface area contributed by atoms with E-state index in [-0.39, 0.29) is 18.4 Å². The average Bonchev–Trinajstić information content (AvgIpc) is 2.82.